The summed E-state index contributed by atoms with van der Waals surface area (Å²) in [4.78, 5) is 25.7. The maximum atomic E-state index is 12.2. The molecule has 1 aromatic heterocycles. The number of carbonyl (C=O) groups is 2. The number of hydrogen-bond acceptors (Lipinski definition) is 3. The maximum absolute atomic E-state index is 12.2. The Morgan fingerprint density at radius 1 is 1.56 bits per heavy atom. The lowest BCUT2D eigenvalue weighted by atomic mass is 10.1. The monoisotopic (exact) mass is 289 g/mol. The largest absolute Gasteiger partial charge is 0.481 e. The molecule has 6 heteroatoms. The molecular weight excluding hydrogens is 274 g/mol. The first-order valence-corrected chi connectivity index (χ1v) is 6.52. The Balaban J connectivity index is 0.00000162. The lowest BCUT2D eigenvalue weighted by Crippen LogP contribution is -2.32. The minimum atomic E-state index is -0.802. The van der Waals surface area contributed by atoms with Gasteiger partial charge in [0.1, 0.15) is 0 Å². The van der Waals surface area contributed by atoms with Crippen molar-refractivity contribution < 1.29 is 14.7 Å². The Morgan fingerprint density at radius 3 is 2.78 bits per heavy atom. The molecule has 1 aliphatic heterocycles. The lowest BCUT2D eigenvalue weighted by Gasteiger charge is -2.19. The number of nitrogens with zero attached hydrogens (tertiary/aromatic N) is 1. The summed E-state index contributed by atoms with van der Waals surface area (Å²) in [6, 6.07) is 3.87. The van der Waals surface area contributed by atoms with Crippen molar-refractivity contribution in [3.05, 3.63) is 22.4 Å². The smallest absolute Gasteiger partial charge is 0.308 e. The van der Waals surface area contributed by atoms with E-state index in [1.165, 1.54) is 0 Å². The third-order valence-corrected chi connectivity index (χ3v) is 4.24. The summed E-state index contributed by atoms with van der Waals surface area (Å²) in [6.07, 6.45) is 0.568. The topological polar surface area (TPSA) is 57.6 Å². The molecule has 0 aromatic carbocycles. The molecule has 1 fully saturated rings. The minimum absolute atomic E-state index is 0. The van der Waals surface area contributed by atoms with Gasteiger partial charge in [0.25, 0.3) is 0 Å². The average Bonchev–Trinajstić information content (AvgIpc) is 2.97. The van der Waals surface area contributed by atoms with Crippen LogP contribution in [0.15, 0.2) is 17.5 Å². The first kappa shape index (κ1) is 15.0. The van der Waals surface area contributed by atoms with Gasteiger partial charge in [-0.2, -0.15) is 0 Å². The fourth-order valence-electron chi connectivity index (χ4n) is 2.10. The number of thiophene rings is 1. The van der Waals surface area contributed by atoms with Gasteiger partial charge >= 0.3 is 5.97 Å². The van der Waals surface area contributed by atoms with Gasteiger partial charge in [0.05, 0.1) is 11.8 Å². The van der Waals surface area contributed by atoms with Crippen molar-refractivity contribution in [3.8, 4) is 0 Å². The lowest BCUT2D eigenvalue weighted by molar-refractivity contribution is -0.141. The number of likely N-dealkylation sites (tertiary alicyclic amines) is 1. The molecule has 2 atom stereocenters. The molecule has 2 heterocycles. The number of rotatable bonds is 3. The summed E-state index contributed by atoms with van der Waals surface area (Å²) in [5.41, 5.74) is 0. The molecular formula is C12H16ClNO3S. The van der Waals surface area contributed by atoms with Gasteiger partial charge < -0.3 is 10.0 Å². The van der Waals surface area contributed by atoms with Crippen molar-refractivity contribution >= 4 is 35.6 Å². The van der Waals surface area contributed by atoms with Crippen LogP contribution >= 0.6 is 23.7 Å². The molecule has 4 nitrogen and oxygen atoms in total. The SMILES string of the molecule is CC(C(=O)N1CCC(C(=O)O)C1)c1cccs1.Cl. The molecule has 0 saturated carbocycles. The highest BCUT2D eigenvalue weighted by molar-refractivity contribution is 7.10. The van der Waals surface area contributed by atoms with Gasteiger partial charge in [0.2, 0.25) is 5.91 Å². The van der Waals surface area contributed by atoms with Crippen molar-refractivity contribution in [2.24, 2.45) is 5.92 Å². The Bertz CT molecular complexity index is 421. The summed E-state index contributed by atoms with van der Waals surface area (Å²) < 4.78 is 0. The highest BCUT2D eigenvalue weighted by Gasteiger charge is 2.33. The van der Waals surface area contributed by atoms with Crippen molar-refractivity contribution in [2.45, 2.75) is 19.3 Å². The molecule has 0 spiro atoms. The van der Waals surface area contributed by atoms with Crippen LogP contribution in [0.25, 0.3) is 0 Å². The van der Waals surface area contributed by atoms with Gasteiger partial charge in [-0.05, 0) is 24.8 Å². The van der Waals surface area contributed by atoms with E-state index in [0.717, 1.165) is 4.88 Å². The van der Waals surface area contributed by atoms with E-state index in [2.05, 4.69) is 0 Å². The molecule has 1 amide bonds. The highest BCUT2D eigenvalue weighted by atomic mass is 35.5. The zero-order valence-electron chi connectivity index (χ0n) is 10.0. The molecule has 100 valence electrons. The highest BCUT2D eigenvalue weighted by Crippen LogP contribution is 2.26. The number of hydrogen-bond donors (Lipinski definition) is 1. The van der Waals surface area contributed by atoms with Gasteiger partial charge in [-0.25, -0.2) is 0 Å². The molecule has 0 radical (unpaired) electrons. The number of carbonyl (C=O) groups excluding carboxylic acids is 1. The van der Waals surface area contributed by atoms with Crippen LogP contribution in [0.1, 0.15) is 24.1 Å². The van der Waals surface area contributed by atoms with E-state index in [4.69, 9.17) is 5.11 Å². The number of carboxylic acids is 1. The normalized spacial score (nSPS) is 20.3. The third kappa shape index (κ3) is 3.03. The fraction of sp³-hybridized carbons (Fsp3) is 0.500. The summed E-state index contributed by atoms with van der Waals surface area (Å²) in [7, 11) is 0. The second kappa shape index (κ2) is 6.20. The number of carboxylic acid groups (broad SMARTS) is 1. The Morgan fingerprint density at radius 2 is 2.28 bits per heavy atom. The van der Waals surface area contributed by atoms with Crippen LogP contribution in [-0.4, -0.2) is 35.0 Å². The summed E-state index contributed by atoms with van der Waals surface area (Å²) in [5.74, 6) is -1.32. The maximum Gasteiger partial charge on any atom is 0.308 e. The molecule has 0 bridgehead atoms. The molecule has 1 aromatic rings. The van der Waals surface area contributed by atoms with Crippen molar-refractivity contribution in [3.63, 3.8) is 0 Å². The standard InChI is InChI=1S/C12H15NO3S.ClH/c1-8(10-3-2-6-17-10)11(14)13-5-4-9(7-13)12(15)16;/h2-3,6,8-9H,4-5,7H2,1H3,(H,15,16);1H. The van der Waals surface area contributed by atoms with E-state index >= 15 is 0 Å². The van der Waals surface area contributed by atoms with Crippen molar-refractivity contribution in [2.75, 3.05) is 13.1 Å². The Hall–Kier alpha value is -1.07. The van der Waals surface area contributed by atoms with Crippen LogP contribution in [0.5, 0.6) is 0 Å². The fourth-order valence-corrected chi connectivity index (χ4v) is 2.87. The van der Waals surface area contributed by atoms with Crippen LogP contribution in [0.4, 0.5) is 0 Å². The summed E-state index contributed by atoms with van der Waals surface area (Å²) in [5, 5.41) is 10.8. The number of amides is 1. The quantitative estimate of drug-likeness (QED) is 0.928. The summed E-state index contributed by atoms with van der Waals surface area (Å²) >= 11 is 1.56. The predicted molar refractivity (Wildman–Crippen MR) is 72.3 cm³/mol. The molecule has 2 unspecified atom stereocenters. The molecule has 1 aliphatic rings. The minimum Gasteiger partial charge on any atom is -0.481 e. The Kier molecular flexibility index (Phi) is 5.16. The van der Waals surface area contributed by atoms with E-state index in [1.54, 1.807) is 16.2 Å². The third-order valence-electron chi connectivity index (χ3n) is 3.19. The Labute approximate surface area is 116 Å². The molecule has 1 N–H and O–H groups in total. The van der Waals surface area contributed by atoms with Crippen molar-refractivity contribution in [1.29, 1.82) is 0 Å². The molecule has 0 aliphatic carbocycles. The van der Waals surface area contributed by atoms with Gasteiger partial charge in [0, 0.05) is 18.0 Å². The van der Waals surface area contributed by atoms with E-state index in [-0.39, 0.29) is 24.2 Å². The van der Waals surface area contributed by atoms with Crippen LogP contribution in [0, 0.1) is 5.92 Å². The van der Waals surface area contributed by atoms with Crippen molar-refractivity contribution in [1.82, 2.24) is 4.90 Å². The van der Waals surface area contributed by atoms with Gasteiger partial charge in [-0.1, -0.05) is 6.07 Å². The van der Waals surface area contributed by atoms with Gasteiger partial charge in [-0.15, -0.1) is 23.7 Å². The van der Waals surface area contributed by atoms with E-state index in [0.29, 0.717) is 19.5 Å². The number of halogens is 1. The van der Waals surface area contributed by atoms with Gasteiger partial charge in [-0.3, -0.25) is 9.59 Å². The first-order valence-electron chi connectivity index (χ1n) is 5.64. The van der Waals surface area contributed by atoms with Crippen LogP contribution < -0.4 is 0 Å². The number of aliphatic carboxylic acids is 1. The van der Waals surface area contributed by atoms with Crippen LogP contribution in [0.3, 0.4) is 0 Å². The predicted octanol–water partition coefficient (Wildman–Crippen LogP) is 2.21. The molecule has 1 saturated heterocycles. The average molecular weight is 290 g/mol. The molecule has 2 rings (SSSR count). The van der Waals surface area contributed by atoms with E-state index in [1.807, 2.05) is 24.4 Å². The second-order valence-electron chi connectivity index (χ2n) is 4.35. The van der Waals surface area contributed by atoms with Gasteiger partial charge in [0.15, 0.2) is 0 Å². The second-order valence-corrected chi connectivity index (χ2v) is 5.32. The summed E-state index contributed by atoms with van der Waals surface area (Å²) in [6.45, 7) is 2.79. The van der Waals surface area contributed by atoms with Crippen LogP contribution in [0.2, 0.25) is 0 Å². The van der Waals surface area contributed by atoms with E-state index in [9.17, 15) is 9.59 Å². The zero-order chi connectivity index (χ0) is 12.4. The van der Waals surface area contributed by atoms with E-state index < -0.39 is 11.9 Å². The van der Waals surface area contributed by atoms with Crippen LogP contribution in [-0.2, 0) is 9.59 Å². The first-order chi connectivity index (χ1) is 8.09. The molecule has 18 heavy (non-hydrogen) atoms. The zero-order valence-corrected chi connectivity index (χ0v) is 11.7.